The number of hydrogen-bond donors (Lipinski definition) is 1. The van der Waals surface area contributed by atoms with E-state index in [1.807, 2.05) is 22.9 Å². The second-order valence-corrected chi connectivity index (χ2v) is 12.2. The monoisotopic (exact) mass is 549 g/mol. The number of rotatable bonds is 4. The summed E-state index contributed by atoms with van der Waals surface area (Å²) in [6, 6.07) is 5.88. The average Bonchev–Trinajstić information content (AvgIpc) is 3.11. The van der Waals surface area contributed by atoms with Gasteiger partial charge in [-0.3, -0.25) is 4.79 Å². The normalized spacial score (nSPS) is 31.0. The number of halogens is 2. The van der Waals surface area contributed by atoms with Gasteiger partial charge in [0.2, 0.25) is 0 Å². The molecule has 0 radical (unpaired) electrons. The van der Waals surface area contributed by atoms with Gasteiger partial charge in [-0.1, -0.05) is 11.6 Å². The van der Waals surface area contributed by atoms with Crippen molar-refractivity contribution in [2.24, 2.45) is 23.2 Å². The Bertz CT molecular complexity index is 1010. The van der Waals surface area contributed by atoms with Crippen LogP contribution in [0, 0.1) is 26.7 Å². The molecule has 0 spiro atoms. The highest BCUT2D eigenvalue weighted by Gasteiger charge is 2.50. The molecule has 1 heterocycles. The summed E-state index contributed by atoms with van der Waals surface area (Å²) in [7, 11) is 0. The van der Waals surface area contributed by atoms with Gasteiger partial charge in [0.1, 0.15) is 0 Å². The third-order valence-corrected chi connectivity index (χ3v) is 9.42. The zero-order valence-corrected chi connectivity index (χ0v) is 20.7. The van der Waals surface area contributed by atoms with E-state index in [1.54, 1.807) is 0 Å². The lowest BCUT2D eigenvalue weighted by atomic mass is 9.49. The van der Waals surface area contributed by atoms with Crippen molar-refractivity contribution in [3.8, 4) is 5.69 Å². The van der Waals surface area contributed by atoms with E-state index in [1.165, 1.54) is 44.2 Å². The van der Waals surface area contributed by atoms with Crippen molar-refractivity contribution >= 4 is 40.1 Å². The maximum Gasteiger partial charge on any atom is 0.272 e. The molecule has 4 fully saturated rings. The summed E-state index contributed by atoms with van der Waals surface area (Å²) >= 11 is 8.49. The lowest BCUT2D eigenvalue weighted by molar-refractivity contribution is -0.0503. The Hall–Kier alpha value is -1.08. The van der Waals surface area contributed by atoms with Gasteiger partial charge in [0.15, 0.2) is 5.69 Å². The van der Waals surface area contributed by atoms with Crippen molar-refractivity contribution in [1.29, 1.82) is 0 Å². The lowest BCUT2D eigenvalue weighted by Crippen LogP contribution is -2.51. The largest absolute Gasteiger partial charge is 0.350 e. The Balaban J connectivity index is 1.27. The fourth-order valence-electron chi connectivity index (χ4n) is 7.49. The number of aromatic nitrogens is 2. The van der Waals surface area contributed by atoms with E-state index < -0.39 is 0 Å². The van der Waals surface area contributed by atoms with Crippen LogP contribution in [0.1, 0.15) is 73.1 Å². The minimum absolute atomic E-state index is 0.0246. The van der Waals surface area contributed by atoms with E-state index in [9.17, 15) is 4.79 Å². The Labute approximate surface area is 202 Å². The molecule has 4 saturated carbocycles. The maximum atomic E-state index is 13.4. The average molecular weight is 550 g/mol. The van der Waals surface area contributed by atoms with Gasteiger partial charge in [0, 0.05) is 26.4 Å². The van der Waals surface area contributed by atoms with Crippen molar-refractivity contribution in [2.75, 3.05) is 6.54 Å². The number of hydrogen-bond acceptors (Lipinski definition) is 2. The predicted octanol–water partition coefficient (Wildman–Crippen LogP) is 5.96. The van der Waals surface area contributed by atoms with Gasteiger partial charge in [-0.2, -0.15) is 5.10 Å². The van der Waals surface area contributed by atoms with Gasteiger partial charge >= 0.3 is 0 Å². The van der Waals surface area contributed by atoms with E-state index in [2.05, 4.69) is 27.9 Å². The number of fused-ring (bicyclic) bond motifs is 1. The molecule has 5 aliphatic rings. The highest BCUT2D eigenvalue weighted by atomic mass is 127. The number of nitrogens with one attached hydrogen (secondary N) is 1. The second-order valence-electron chi connectivity index (χ2n) is 10.6. The van der Waals surface area contributed by atoms with Crippen LogP contribution in [-0.2, 0) is 12.8 Å². The first-order chi connectivity index (χ1) is 15.0. The summed E-state index contributed by atoms with van der Waals surface area (Å²) in [5.41, 5.74) is 4.36. The van der Waals surface area contributed by atoms with Crippen molar-refractivity contribution in [2.45, 2.75) is 64.2 Å². The Morgan fingerprint density at radius 1 is 1.13 bits per heavy atom. The highest BCUT2D eigenvalue weighted by molar-refractivity contribution is 14.1. The van der Waals surface area contributed by atoms with Gasteiger partial charge in [-0.25, -0.2) is 4.68 Å². The molecule has 1 aromatic heterocycles. The molecule has 1 N–H and O–H groups in total. The van der Waals surface area contributed by atoms with Gasteiger partial charge in [0.25, 0.3) is 5.91 Å². The van der Waals surface area contributed by atoms with E-state index in [0.29, 0.717) is 11.1 Å². The summed E-state index contributed by atoms with van der Waals surface area (Å²) < 4.78 is 3.06. The molecule has 4 nitrogen and oxygen atoms in total. The van der Waals surface area contributed by atoms with Crippen LogP contribution in [0.15, 0.2) is 18.2 Å². The van der Waals surface area contributed by atoms with Gasteiger partial charge in [-0.05, 0) is 128 Å². The van der Waals surface area contributed by atoms with Crippen LogP contribution in [0.25, 0.3) is 5.69 Å². The van der Waals surface area contributed by atoms with Crippen molar-refractivity contribution in [1.82, 2.24) is 15.1 Å². The predicted molar refractivity (Wildman–Crippen MR) is 131 cm³/mol. The smallest absolute Gasteiger partial charge is 0.272 e. The van der Waals surface area contributed by atoms with Crippen LogP contribution in [-0.4, -0.2) is 22.2 Å². The van der Waals surface area contributed by atoms with Gasteiger partial charge in [-0.15, -0.1) is 0 Å². The van der Waals surface area contributed by atoms with Crippen molar-refractivity contribution in [3.63, 3.8) is 0 Å². The Morgan fingerprint density at radius 2 is 1.81 bits per heavy atom. The zero-order valence-electron chi connectivity index (χ0n) is 17.8. The molecule has 1 amide bonds. The number of benzene rings is 1. The number of carbonyl (C=O) groups excluding carboxylic acids is 1. The summed E-state index contributed by atoms with van der Waals surface area (Å²) in [6.07, 6.45) is 12.4. The molecule has 6 heteroatoms. The topological polar surface area (TPSA) is 46.9 Å². The summed E-state index contributed by atoms with van der Waals surface area (Å²) in [6.45, 7) is 0.829. The van der Waals surface area contributed by atoms with Gasteiger partial charge in [0.05, 0.1) is 5.69 Å². The first-order valence-corrected chi connectivity index (χ1v) is 13.3. The van der Waals surface area contributed by atoms with Crippen LogP contribution in [0.5, 0.6) is 0 Å². The lowest BCUT2D eigenvalue weighted by Gasteiger charge is -2.56. The third kappa shape index (κ3) is 3.64. The molecule has 0 aliphatic heterocycles. The number of carbonyl (C=O) groups is 1. The fraction of sp³-hybridized carbons (Fsp3) is 0.600. The van der Waals surface area contributed by atoms with Crippen LogP contribution in [0.2, 0.25) is 5.02 Å². The molecule has 2 aromatic rings. The van der Waals surface area contributed by atoms with E-state index in [0.717, 1.165) is 69.8 Å². The quantitative estimate of drug-likeness (QED) is 0.479. The first kappa shape index (κ1) is 20.5. The highest BCUT2D eigenvalue weighted by Crippen LogP contribution is 2.59. The summed E-state index contributed by atoms with van der Waals surface area (Å²) in [5.74, 6) is 2.74. The minimum atomic E-state index is 0.0246. The van der Waals surface area contributed by atoms with E-state index in [-0.39, 0.29) is 5.91 Å². The van der Waals surface area contributed by atoms with E-state index in [4.69, 9.17) is 16.7 Å². The minimum Gasteiger partial charge on any atom is -0.350 e. The molecule has 0 atom stereocenters. The zero-order chi connectivity index (χ0) is 21.2. The molecular formula is C25H29ClIN3O. The number of amides is 1. The molecule has 1 aromatic carbocycles. The molecule has 5 aliphatic carbocycles. The fourth-order valence-corrected chi connectivity index (χ4v) is 8.59. The van der Waals surface area contributed by atoms with Crippen LogP contribution in [0.3, 0.4) is 0 Å². The Kier molecular flexibility index (Phi) is 5.13. The van der Waals surface area contributed by atoms with Crippen molar-refractivity contribution < 1.29 is 4.79 Å². The standard InChI is InChI=1S/C25H29ClIN3O/c26-18-5-6-22(20(27)10-18)30-21-4-2-1-3-19(21)23(29-30)24(31)28-14-25-11-15-7-16(12-25)9-17(8-15)13-25/h5-6,10,15-17H,1-4,7-9,11-14H2,(H,28,31). The maximum absolute atomic E-state index is 13.4. The first-order valence-electron chi connectivity index (χ1n) is 11.8. The van der Waals surface area contributed by atoms with E-state index >= 15 is 0 Å². The third-order valence-electron chi connectivity index (χ3n) is 8.32. The number of nitrogens with zero attached hydrogens (tertiary/aromatic N) is 2. The van der Waals surface area contributed by atoms with Crippen molar-refractivity contribution in [3.05, 3.63) is 43.7 Å². The molecule has 7 rings (SSSR count). The molecule has 4 bridgehead atoms. The SMILES string of the molecule is O=C(NCC12CC3CC(CC(C3)C1)C2)c1nn(-c2ccc(Cl)cc2I)c2c1CCCC2. The van der Waals surface area contributed by atoms with Crippen LogP contribution >= 0.6 is 34.2 Å². The second kappa shape index (κ2) is 7.75. The molecular weight excluding hydrogens is 521 g/mol. The summed E-state index contributed by atoms with van der Waals surface area (Å²) in [4.78, 5) is 13.4. The van der Waals surface area contributed by atoms with Gasteiger partial charge < -0.3 is 5.32 Å². The molecule has 164 valence electrons. The molecule has 31 heavy (non-hydrogen) atoms. The molecule has 0 saturated heterocycles. The van der Waals surface area contributed by atoms with Crippen LogP contribution in [0.4, 0.5) is 0 Å². The van der Waals surface area contributed by atoms with Crippen LogP contribution < -0.4 is 5.32 Å². The molecule has 0 unspecified atom stereocenters. The Morgan fingerprint density at radius 3 is 2.48 bits per heavy atom. The summed E-state index contributed by atoms with van der Waals surface area (Å²) in [5, 5.41) is 8.96.